The molecular formula is C12H11ClN2O. The fraction of sp³-hybridized carbons (Fsp3) is 0.250. The zero-order valence-electron chi connectivity index (χ0n) is 8.61. The van der Waals surface area contributed by atoms with Crippen molar-refractivity contribution in [3.63, 3.8) is 0 Å². The molecule has 2 rings (SSSR count). The normalized spacial score (nSPS) is 20.1. The summed E-state index contributed by atoms with van der Waals surface area (Å²) in [7, 11) is 0. The van der Waals surface area contributed by atoms with Crippen LogP contribution in [0.1, 0.15) is 24.5 Å². The summed E-state index contributed by atoms with van der Waals surface area (Å²) in [6.07, 6.45) is 1.36. The Morgan fingerprint density at radius 3 is 2.62 bits per heavy atom. The largest absolute Gasteiger partial charge is 0.470 e. The Hall–Kier alpha value is -1.66. The van der Waals surface area contributed by atoms with Crippen LogP contribution in [-0.4, -0.2) is 0 Å². The van der Waals surface area contributed by atoms with Crippen LogP contribution in [0.15, 0.2) is 35.7 Å². The second-order valence-electron chi connectivity index (χ2n) is 3.65. The fourth-order valence-electron chi connectivity index (χ4n) is 1.71. The highest BCUT2D eigenvalue weighted by Gasteiger charge is 2.21. The van der Waals surface area contributed by atoms with Crippen molar-refractivity contribution in [2.45, 2.75) is 18.9 Å². The van der Waals surface area contributed by atoms with E-state index >= 15 is 0 Å². The molecule has 0 spiro atoms. The zero-order chi connectivity index (χ0) is 11.5. The third-order valence-electron chi connectivity index (χ3n) is 2.60. The molecule has 1 aliphatic rings. The van der Waals surface area contributed by atoms with Crippen molar-refractivity contribution in [2.24, 2.45) is 5.73 Å². The molecule has 0 radical (unpaired) electrons. The lowest BCUT2D eigenvalue weighted by atomic mass is 9.99. The number of nitrogens with zero attached hydrogens (tertiary/aromatic N) is 1. The lowest BCUT2D eigenvalue weighted by Gasteiger charge is -2.24. The molecule has 0 aromatic heterocycles. The van der Waals surface area contributed by atoms with Crippen LogP contribution in [-0.2, 0) is 4.74 Å². The molecule has 1 aromatic carbocycles. The number of ether oxygens (including phenoxy) is 1. The molecule has 0 saturated carbocycles. The number of nitrogens with two attached hydrogens (primary N) is 1. The highest BCUT2D eigenvalue weighted by atomic mass is 35.5. The van der Waals surface area contributed by atoms with Crippen molar-refractivity contribution >= 4 is 11.6 Å². The van der Waals surface area contributed by atoms with E-state index in [0.717, 1.165) is 12.0 Å². The van der Waals surface area contributed by atoms with Crippen LogP contribution in [0.3, 0.4) is 0 Å². The van der Waals surface area contributed by atoms with Gasteiger partial charge in [-0.25, -0.2) is 0 Å². The number of allylic oxidation sites excluding steroid dienone is 1. The van der Waals surface area contributed by atoms with Gasteiger partial charge in [0.2, 0.25) is 0 Å². The molecule has 1 aliphatic heterocycles. The van der Waals surface area contributed by atoms with E-state index in [1.165, 1.54) is 0 Å². The number of benzene rings is 1. The van der Waals surface area contributed by atoms with Crippen LogP contribution in [0.25, 0.3) is 0 Å². The quantitative estimate of drug-likeness (QED) is 0.813. The first-order valence-electron chi connectivity index (χ1n) is 5.01. The number of halogens is 1. The molecular weight excluding hydrogens is 224 g/mol. The van der Waals surface area contributed by atoms with E-state index in [9.17, 15) is 0 Å². The Kier molecular flexibility index (Phi) is 3.02. The van der Waals surface area contributed by atoms with Crippen molar-refractivity contribution in [3.8, 4) is 6.07 Å². The van der Waals surface area contributed by atoms with Gasteiger partial charge in [-0.05, 0) is 30.5 Å². The lowest BCUT2D eigenvalue weighted by molar-refractivity contribution is 0.0907. The zero-order valence-corrected chi connectivity index (χ0v) is 9.37. The Bertz CT molecular complexity index is 459. The van der Waals surface area contributed by atoms with E-state index in [0.29, 0.717) is 17.0 Å². The summed E-state index contributed by atoms with van der Waals surface area (Å²) in [6.45, 7) is 0. The van der Waals surface area contributed by atoms with Gasteiger partial charge in [-0.15, -0.1) is 0 Å². The molecule has 82 valence electrons. The van der Waals surface area contributed by atoms with E-state index < -0.39 is 0 Å². The smallest absolute Gasteiger partial charge is 0.198 e. The minimum atomic E-state index is -0.0747. The van der Waals surface area contributed by atoms with E-state index in [4.69, 9.17) is 27.3 Å². The van der Waals surface area contributed by atoms with Gasteiger partial charge in [-0.1, -0.05) is 23.7 Å². The lowest BCUT2D eigenvalue weighted by Crippen LogP contribution is -2.17. The van der Waals surface area contributed by atoms with E-state index in [2.05, 4.69) is 0 Å². The number of nitriles is 1. The van der Waals surface area contributed by atoms with E-state index in [1.54, 1.807) is 0 Å². The molecule has 0 amide bonds. The molecule has 1 aromatic rings. The second kappa shape index (κ2) is 4.46. The Labute approximate surface area is 99.1 Å². The summed E-state index contributed by atoms with van der Waals surface area (Å²) in [4.78, 5) is 0. The maximum atomic E-state index is 8.77. The predicted octanol–water partition coefficient (Wildman–Crippen LogP) is 2.89. The summed E-state index contributed by atoms with van der Waals surface area (Å²) in [5, 5.41) is 9.46. The van der Waals surface area contributed by atoms with Crippen LogP contribution in [0.2, 0.25) is 5.02 Å². The predicted molar refractivity (Wildman–Crippen MR) is 61.3 cm³/mol. The fourth-order valence-corrected chi connectivity index (χ4v) is 1.83. The molecule has 3 nitrogen and oxygen atoms in total. The standard InChI is InChI=1S/C12H11ClN2O/c13-10-4-1-8(2-5-10)11-6-3-9(7-14)12(15)16-11/h1-2,4-5,11H,3,6,15H2/t11-/m0/s1. The monoisotopic (exact) mass is 234 g/mol. The van der Waals surface area contributed by atoms with Gasteiger partial charge < -0.3 is 10.5 Å². The van der Waals surface area contributed by atoms with Crippen LogP contribution < -0.4 is 5.73 Å². The Morgan fingerprint density at radius 1 is 1.38 bits per heavy atom. The number of rotatable bonds is 1. The van der Waals surface area contributed by atoms with Gasteiger partial charge in [-0.2, -0.15) is 5.26 Å². The minimum Gasteiger partial charge on any atom is -0.470 e. The molecule has 4 heteroatoms. The van der Waals surface area contributed by atoms with Crippen molar-refractivity contribution in [3.05, 3.63) is 46.3 Å². The molecule has 1 atom stereocenters. The third kappa shape index (κ3) is 2.12. The summed E-state index contributed by atoms with van der Waals surface area (Å²) in [5.41, 5.74) is 7.22. The first-order chi connectivity index (χ1) is 7.70. The highest BCUT2D eigenvalue weighted by Crippen LogP contribution is 2.32. The number of hydrogen-bond donors (Lipinski definition) is 1. The van der Waals surface area contributed by atoms with Crippen LogP contribution >= 0.6 is 11.6 Å². The van der Waals surface area contributed by atoms with Crippen LogP contribution in [0.4, 0.5) is 0 Å². The van der Waals surface area contributed by atoms with E-state index in [1.807, 2.05) is 30.3 Å². The third-order valence-corrected chi connectivity index (χ3v) is 2.85. The molecule has 0 aliphatic carbocycles. The van der Waals surface area contributed by atoms with E-state index in [-0.39, 0.29) is 12.0 Å². The Morgan fingerprint density at radius 2 is 2.06 bits per heavy atom. The molecule has 0 unspecified atom stereocenters. The van der Waals surface area contributed by atoms with Gasteiger partial charge in [0.25, 0.3) is 0 Å². The van der Waals surface area contributed by atoms with Gasteiger partial charge in [0.1, 0.15) is 12.2 Å². The highest BCUT2D eigenvalue weighted by molar-refractivity contribution is 6.30. The van der Waals surface area contributed by atoms with Gasteiger partial charge in [0, 0.05) is 5.02 Å². The molecule has 0 bridgehead atoms. The molecule has 16 heavy (non-hydrogen) atoms. The first kappa shape index (κ1) is 10.8. The minimum absolute atomic E-state index is 0.0747. The maximum Gasteiger partial charge on any atom is 0.198 e. The first-order valence-corrected chi connectivity index (χ1v) is 5.39. The van der Waals surface area contributed by atoms with Crippen molar-refractivity contribution in [2.75, 3.05) is 0 Å². The summed E-state index contributed by atoms with van der Waals surface area (Å²) < 4.78 is 5.51. The van der Waals surface area contributed by atoms with Crippen molar-refractivity contribution in [1.82, 2.24) is 0 Å². The van der Waals surface area contributed by atoms with Gasteiger partial charge in [0.05, 0.1) is 5.57 Å². The van der Waals surface area contributed by atoms with Crippen molar-refractivity contribution < 1.29 is 4.74 Å². The molecule has 0 fully saturated rings. The van der Waals surface area contributed by atoms with Crippen LogP contribution in [0, 0.1) is 11.3 Å². The van der Waals surface area contributed by atoms with Crippen LogP contribution in [0.5, 0.6) is 0 Å². The van der Waals surface area contributed by atoms with Gasteiger partial charge in [-0.3, -0.25) is 0 Å². The summed E-state index contributed by atoms with van der Waals surface area (Å²) in [5.74, 6) is 0.244. The Balaban J connectivity index is 2.18. The SMILES string of the molecule is N#CC1=C(N)O[C@H](c2ccc(Cl)cc2)CC1. The van der Waals surface area contributed by atoms with Gasteiger partial charge in [0.15, 0.2) is 5.88 Å². The molecule has 2 N–H and O–H groups in total. The average Bonchev–Trinajstić information content (AvgIpc) is 2.30. The molecule has 1 heterocycles. The average molecular weight is 235 g/mol. The molecule has 0 saturated heterocycles. The maximum absolute atomic E-state index is 8.77. The van der Waals surface area contributed by atoms with Gasteiger partial charge >= 0.3 is 0 Å². The second-order valence-corrected chi connectivity index (χ2v) is 4.09. The van der Waals surface area contributed by atoms with Crippen molar-refractivity contribution in [1.29, 1.82) is 5.26 Å². The summed E-state index contributed by atoms with van der Waals surface area (Å²) >= 11 is 5.81. The summed E-state index contributed by atoms with van der Waals surface area (Å²) in [6, 6.07) is 9.51. The number of hydrogen-bond acceptors (Lipinski definition) is 3. The topological polar surface area (TPSA) is 59.0 Å².